The monoisotopic (exact) mass is 554 g/mol. The third-order valence-corrected chi connectivity index (χ3v) is 5.62. The number of allylic oxidation sites excluding steroid dienone is 7. The van der Waals surface area contributed by atoms with E-state index in [4.69, 9.17) is 4.74 Å². The number of ether oxygens (including phenoxy) is 1. The van der Waals surface area contributed by atoms with Crippen LogP contribution in [0.4, 0.5) is 5.69 Å². The van der Waals surface area contributed by atoms with Crippen LogP contribution >= 0.6 is 0 Å². The van der Waals surface area contributed by atoms with E-state index in [2.05, 4.69) is 15.6 Å². The molecule has 0 saturated carbocycles. The first-order valence-electron chi connectivity index (χ1n) is 13.4. The van der Waals surface area contributed by atoms with Gasteiger partial charge in [0.05, 0.1) is 12.3 Å². The smallest absolute Gasteiger partial charge is 0.345 e. The Labute approximate surface area is 242 Å². The van der Waals surface area contributed by atoms with E-state index in [0.717, 1.165) is 12.0 Å². The lowest BCUT2D eigenvalue weighted by Crippen LogP contribution is -2.39. The van der Waals surface area contributed by atoms with Crippen molar-refractivity contribution in [2.45, 2.75) is 33.6 Å². The molecule has 0 aliphatic rings. The van der Waals surface area contributed by atoms with Gasteiger partial charge >= 0.3 is 5.97 Å². The van der Waals surface area contributed by atoms with Crippen molar-refractivity contribution < 1.29 is 19.1 Å². The van der Waals surface area contributed by atoms with Crippen LogP contribution in [0.3, 0.4) is 0 Å². The fourth-order valence-corrected chi connectivity index (χ4v) is 3.66. The van der Waals surface area contributed by atoms with E-state index in [1.165, 1.54) is 18.0 Å². The molecule has 2 aromatic carbocycles. The average Bonchev–Trinajstić information content (AvgIpc) is 2.99. The lowest BCUT2D eigenvalue weighted by molar-refractivity contribution is -0.138. The third kappa shape index (κ3) is 10.6. The van der Waals surface area contributed by atoms with Crippen LogP contribution in [-0.4, -0.2) is 38.2 Å². The van der Waals surface area contributed by atoms with Gasteiger partial charge in [-0.1, -0.05) is 73.7 Å². The number of aldehydes is 1. The molecule has 2 aromatic rings. The average molecular weight is 555 g/mol. The number of amidine groups is 1. The van der Waals surface area contributed by atoms with E-state index in [1.807, 2.05) is 68.5 Å². The fraction of sp³-hybridized carbons (Fsp3) is 0.212. The number of rotatable bonds is 15. The SMILES string of the molecule is CC\C=C/C(=C\C=C\C=O)NC(=NC)/C(C(=O)OCC)=C(/N/C(C)=C\Cc1ccccc1)N(C=O)c1ccccc1. The van der Waals surface area contributed by atoms with Gasteiger partial charge in [-0.25, -0.2) is 4.79 Å². The molecule has 0 atom stereocenters. The maximum atomic E-state index is 13.6. The number of nitrogens with zero attached hydrogens (tertiary/aromatic N) is 2. The van der Waals surface area contributed by atoms with Crippen molar-refractivity contribution in [1.29, 1.82) is 0 Å². The first-order valence-corrected chi connectivity index (χ1v) is 13.4. The zero-order valence-electron chi connectivity index (χ0n) is 24.0. The number of carbonyl (C=O) groups is 3. The fourth-order valence-electron chi connectivity index (χ4n) is 3.66. The molecule has 41 heavy (non-hydrogen) atoms. The lowest BCUT2D eigenvalue weighted by Gasteiger charge is -2.26. The highest BCUT2D eigenvalue weighted by atomic mass is 16.5. The molecule has 0 aliphatic carbocycles. The number of amides is 1. The van der Waals surface area contributed by atoms with E-state index >= 15 is 0 Å². The highest BCUT2D eigenvalue weighted by Gasteiger charge is 2.28. The Kier molecular flexibility index (Phi) is 14.4. The van der Waals surface area contributed by atoms with Gasteiger partial charge in [0, 0.05) is 18.4 Å². The Morgan fingerprint density at radius 3 is 2.24 bits per heavy atom. The number of esters is 1. The van der Waals surface area contributed by atoms with Crippen molar-refractivity contribution in [3.8, 4) is 0 Å². The molecule has 0 fully saturated rings. The summed E-state index contributed by atoms with van der Waals surface area (Å²) in [5.74, 6) is -0.345. The predicted octanol–water partition coefficient (Wildman–Crippen LogP) is 5.38. The molecule has 0 spiro atoms. The number of aliphatic imine (C=N–C) groups is 1. The Morgan fingerprint density at radius 2 is 1.66 bits per heavy atom. The molecule has 2 rings (SSSR count). The molecule has 0 radical (unpaired) electrons. The van der Waals surface area contributed by atoms with Crippen LogP contribution in [0.25, 0.3) is 0 Å². The Bertz CT molecular complexity index is 1320. The number of hydrogen-bond acceptors (Lipinski definition) is 6. The molecule has 0 bridgehead atoms. The molecule has 0 aliphatic heterocycles. The second-order valence-electron chi connectivity index (χ2n) is 8.61. The van der Waals surface area contributed by atoms with Crippen molar-refractivity contribution in [2.75, 3.05) is 18.6 Å². The Hall–Kier alpha value is -4.98. The minimum atomic E-state index is -0.677. The summed E-state index contributed by atoms with van der Waals surface area (Å²) in [6, 6.07) is 18.9. The Morgan fingerprint density at radius 1 is 0.976 bits per heavy atom. The number of carbonyl (C=O) groups excluding carboxylic acids is 3. The van der Waals surface area contributed by atoms with Crippen molar-refractivity contribution in [3.63, 3.8) is 0 Å². The molecule has 0 heterocycles. The van der Waals surface area contributed by atoms with Crippen LogP contribution < -0.4 is 15.5 Å². The van der Waals surface area contributed by atoms with Crippen molar-refractivity contribution in [3.05, 3.63) is 125 Å². The van der Waals surface area contributed by atoms with Gasteiger partial charge in [0.2, 0.25) is 6.41 Å². The molecular formula is C33H38N4O4. The van der Waals surface area contributed by atoms with Gasteiger partial charge < -0.3 is 15.4 Å². The summed E-state index contributed by atoms with van der Waals surface area (Å²) in [6.45, 7) is 5.67. The van der Waals surface area contributed by atoms with Crippen LogP contribution in [0.5, 0.6) is 0 Å². The van der Waals surface area contributed by atoms with E-state index < -0.39 is 5.97 Å². The maximum Gasteiger partial charge on any atom is 0.345 e. The summed E-state index contributed by atoms with van der Waals surface area (Å²) >= 11 is 0. The number of nitrogens with one attached hydrogen (secondary N) is 2. The van der Waals surface area contributed by atoms with Crippen molar-refractivity contribution >= 4 is 30.2 Å². The van der Waals surface area contributed by atoms with Gasteiger partial charge in [-0.05, 0) is 62.6 Å². The number of para-hydroxylation sites is 1. The Balaban J connectivity index is 2.74. The second kappa shape index (κ2) is 18.3. The number of hydrogen-bond donors (Lipinski definition) is 2. The first kappa shape index (κ1) is 32.2. The highest BCUT2D eigenvalue weighted by molar-refractivity contribution is 6.20. The molecule has 8 heteroatoms. The summed E-state index contributed by atoms with van der Waals surface area (Å²) in [7, 11) is 1.54. The van der Waals surface area contributed by atoms with E-state index in [9.17, 15) is 14.4 Å². The van der Waals surface area contributed by atoms with Gasteiger partial charge in [0.1, 0.15) is 23.5 Å². The topological polar surface area (TPSA) is 100 Å². The van der Waals surface area contributed by atoms with E-state index in [0.29, 0.717) is 36.2 Å². The van der Waals surface area contributed by atoms with Crippen LogP contribution in [0.2, 0.25) is 0 Å². The van der Waals surface area contributed by atoms with Crippen molar-refractivity contribution in [1.82, 2.24) is 10.6 Å². The molecule has 8 nitrogen and oxygen atoms in total. The first-order chi connectivity index (χ1) is 20.0. The molecule has 2 N–H and O–H groups in total. The van der Waals surface area contributed by atoms with Crippen LogP contribution in [-0.2, 0) is 25.5 Å². The summed E-state index contributed by atoms with van der Waals surface area (Å²) < 4.78 is 5.45. The normalized spacial score (nSPS) is 13.1. The van der Waals surface area contributed by atoms with Crippen LogP contribution in [0.15, 0.2) is 125 Å². The standard InChI is InChI=1S/C33H38N4O4/c1-5-7-18-28(19-14-15-24-38)36-31(34-4)30(33(40)41-6-2)32(37(25-39)29-20-12-9-13-21-29)35-26(3)22-23-27-16-10-8-11-17-27/h7-22,24-25,35H,5-6,23H2,1-4H3,(H,34,36)/b15-14+,18-7-,26-22-,28-19+,32-30+. The third-order valence-electron chi connectivity index (χ3n) is 5.62. The highest BCUT2D eigenvalue weighted by Crippen LogP contribution is 2.21. The molecule has 1 amide bonds. The summed E-state index contributed by atoms with van der Waals surface area (Å²) in [5, 5.41) is 6.45. The van der Waals surface area contributed by atoms with Crippen LogP contribution in [0, 0.1) is 0 Å². The summed E-state index contributed by atoms with van der Waals surface area (Å²) in [4.78, 5) is 42.7. The second-order valence-corrected chi connectivity index (χ2v) is 8.61. The predicted molar refractivity (Wildman–Crippen MR) is 165 cm³/mol. The molecular weight excluding hydrogens is 516 g/mol. The molecule has 0 unspecified atom stereocenters. The van der Waals surface area contributed by atoms with Gasteiger partial charge in [-0.2, -0.15) is 0 Å². The lowest BCUT2D eigenvalue weighted by atomic mass is 10.1. The van der Waals surface area contributed by atoms with Gasteiger partial charge in [0.25, 0.3) is 0 Å². The van der Waals surface area contributed by atoms with Gasteiger partial charge in [-0.15, -0.1) is 0 Å². The minimum Gasteiger partial charge on any atom is -0.462 e. The largest absolute Gasteiger partial charge is 0.462 e. The van der Waals surface area contributed by atoms with Crippen LogP contribution in [0.1, 0.15) is 32.8 Å². The molecule has 0 saturated heterocycles. The zero-order valence-corrected chi connectivity index (χ0v) is 24.0. The maximum absolute atomic E-state index is 13.6. The minimum absolute atomic E-state index is 0.0212. The van der Waals surface area contributed by atoms with Crippen molar-refractivity contribution in [2.24, 2.45) is 4.99 Å². The van der Waals surface area contributed by atoms with E-state index in [-0.39, 0.29) is 23.8 Å². The summed E-state index contributed by atoms with van der Waals surface area (Å²) in [5.41, 5.74) is 2.94. The summed E-state index contributed by atoms with van der Waals surface area (Å²) in [6.07, 6.45) is 13.0. The number of anilines is 1. The molecule has 0 aromatic heterocycles. The molecule has 214 valence electrons. The quantitative estimate of drug-likeness (QED) is 0.0766. The zero-order chi connectivity index (χ0) is 29.9. The van der Waals surface area contributed by atoms with E-state index in [1.54, 1.807) is 43.3 Å². The van der Waals surface area contributed by atoms with Gasteiger partial charge in [0.15, 0.2) is 0 Å². The van der Waals surface area contributed by atoms with Gasteiger partial charge in [-0.3, -0.25) is 19.5 Å². The number of benzene rings is 2.